The zero-order chi connectivity index (χ0) is 21.4. The molecule has 0 fully saturated rings. The molecule has 1 amide bonds. The first-order chi connectivity index (χ1) is 13.7. The molecular formula is C21H24F3NO4. The lowest BCUT2D eigenvalue weighted by Crippen LogP contribution is -2.31. The van der Waals surface area contributed by atoms with E-state index in [-0.39, 0.29) is 11.8 Å². The van der Waals surface area contributed by atoms with Crippen LogP contribution in [0.5, 0.6) is 17.2 Å². The van der Waals surface area contributed by atoms with E-state index < -0.39 is 24.3 Å². The van der Waals surface area contributed by atoms with Gasteiger partial charge in [-0.25, -0.2) is 0 Å². The lowest BCUT2D eigenvalue weighted by atomic mass is 10.1. The molecule has 0 aliphatic carbocycles. The van der Waals surface area contributed by atoms with Gasteiger partial charge >= 0.3 is 6.18 Å². The predicted octanol–water partition coefficient (Wildman–Crippen LogP) is 4.76. The van der Waals surface area contributed by atoms with Crippen LogP contribution in [0, 0.1) is 0 Å². The van der Waals surface area contributed by atoms with Crippen molar-refractivity contribution in [2.24, 2.45) is 0 Å². The van der Waals surface area contributed by atoms with Crippen molar-refractivity contribution < 1.29 is 32.2 Å². The molecular weight excluding hydrogens is 387 g/mol. The van der Waals surface area contributed by atoms with E-state index in [1.807, 2.05) is 19.9 Å². The van der Waals surface area contributed by atoms with Gasteiger partial charge in [-0.05, 0) is 56.7 Å². The van der Waals surface area contributed by atoms with Gasteiger partial charge in [0.2, 0.25) is 0 Å². The maximum Gasteiger partial charge on any atom is 0.416 e. The van der Waals surface area contributed by atoms with Crippen molar-refractivity contribution in [2.45, 2.75) is 33.0 Å². The van der Waals surface area contributed by atoms with Gasteiger partial charge < -0.3 is 19.5 Å². The first kappa shape index (κ1) is 22.4. The van der Waals surface area contributed by atoms with E-state index in [2.05, 4.69) is 5.32 Å². The largest absolute Gasteiger partial charge is 0.490 e. The van der Waals surface area contributed by atoms with Crippen molar-refractivity contribution in [3.05, 3.63) is 53.6 Å². The number of hydrogen-bond donors (Lipinski definition) is 1. The van der Waals surface area contributed by atoms with Gasteiger partial charge in [0.05, 0.1) is 24.8 Å². The van der Waals surface area contributed by atoms with E-state index in [0.717, 1.165) is 17.7 Å². The molecule has 0 radical (unpaired) electrons. The van der Waals surface area contributed by atoms with Gasteiger partial charge in [-0.3, -0.25) is 4.79 Å². The zero-order valence-corrected chi connectivity index (χ0v) is 16.5. The first-order valence-corrected chi connectivity index (χ1v) is 9.23. The molecule has 2 aromatic rings. The summed E-state index contributed by atoms with van der Waals surface area (Å²) >= 11 is 0. The highest BCUT2D eigenvalue weighted by atomic mass is 19.4. The first-order valence-electron chi connectivity index (χ1n) is 9.23. The Morgan fingerprint density at radius 3 is 2.34 bits per heavy atom. The molecule has 2 aromatic carbocycles. The van der Waals surface area contributed by atoms with Gasteiger partial charge in [0.15, 0.2) is 18.1 Å². The third kappa shape index (κ3) is 6.58. The fourth-order valence-electron chi connectivity index (χ4n) is 2.61. The summed E-state index contributed by atoms with van der Waals surface area (Å²) in [5.74, 6) is 0.710. The van der Waals surface area contributed by atoms with Crippen LogP contribution >= 0.6 is 0 Å². The van der Waals surface area contributed by atoms with Crippen LogP contribution in [-0.2, 0) is 11.0 Å². The van der Waals surface area contributed by atoms with Gasteiger partial charge in [0, 0.05) is 0 Å². The predicted molar refractivity (Wildman–Crippen MR) is 102 cm³/mol. The number of amides is 1. The summed E-state index contributed by atoms with van der Waals surface area (Å²) in [7, 11) is 0. The lowest BCUT2D eigenvalue weighted by molar-refractivity contribution is -0.137. The quantitative estimate of drug-likeness (QED) is 0.647. The fourth-order valence-corrected chi connectivity index (χ4v) is 2.61. The van der Waals surface area contributed by atoms with Crippen LogP contribution in [-0.4, -0.2) is 25.7 Å². The van der Waals surface area contributed by atoms with Gasteiger partial charge in [0.25, 0.3) is 5.91 Å². The van der Waals surface area contributed by atoms with Gasteiger partial charge in [-0.2, -0.15) is 13.2 Å². The Bertz CT molecular complexity index is 824. The molecule has 0 bridgehead atoms. The summed E-state index contributed by atoms with van der Waals surface area (Å²) in [5.41, 5.74) is -0.0362. The van der Waals surface area contributed by atoms with Crippen molar-refractivity contribution in [1.82, 2.24) is 5.32 Å². The maximum atomic E-state index is 12.7. The van der Waals surface area contributed by atoms with E-state index in [1.54, 1.807) is 19.1 Å². The van der Waals surface area contributed by atoms with Crippen LogP contribution in [0.4, 0.5) is 13.2 Å². The Kier molecular flexibility index (Phi) is 7.75. The molecule has 1 atom stereocenters. The second kappa shape index (κ2) is 10.0. The van der Waals surface area contributed by atoms with Crippen molar-refractivity contribution in [3.8, 4) is 17.2 Å². The number of halogens is 3. The van der Waals surface area contributed by atoms with Crippen molar-refractivity contribution in [1.29, 1.82) is 0 Å². The molecule has 0 saturated carbocycles. The molecule has 5 nitrogen and oxygen atoms in total. The van der Waals surface area contributed by atoms with Crippen molar-refractivity contribution in [2.75, 3.05) is 19.8 Å². The number of alkyl halides is 3. The Balaban J connectivity index is 1.98. The summed E-state index contributed by atoms with van der Waals surface area (Å²) in [6, 6.07) is 9.40. The van der Waals surface area contributed by atoms with Crippen molar-refractivity contribution in [3.63, 3.8) is 0 Å². The number of benzene rings is 2. The van der Waals surface area contributed by atoms with Crippen LogP contribution in [0.1, 0.15) is 37.9 Å². The summed E-state index contributed by atoms with van der Waals surface area (Å²) in [5, 5.41) is 2.75. The molecule has 8 heteroatoms. The van der Waals surface area contributed by atoms with Crippen LogP contribution < -0.4 is 19.5 Å². The second-order valence-corrected chi connectivity index (χ2v) is 6.18. The Labute approximate surface area is 167 Å². The Morgan fingerprint density at radius 1 is 1.00 bits per heavy atom. The van der Waals surface area contributed by atoms with E-state index in [1.165, 1.54) is 12.1 Å². The third-order valence-corrected chi connectivity index (χ3v) is 3.98. The van der Waals surface area contributed by atoms with E-state index in [4.69, 9.17) is 14.2 Å². The number of hydrogen-bond acceptors (Lipinski definition) is 4. The molecule has 158 valence electrons. The van der Waals surface area contributed by atoms with Crippen molar-refractivity contribution >= 4 is 5.91 Å². The molecule has 0 saturated heterocycles. The number of ether oxygens (including phenoxy) is 3. The summed E-state index contributed by atoms with van der Waals surface area (Å²) in [6.07, 6.45) is -4.47. The molecule has 0 heterocycles. The number of carbonyl (C=O) groups is 1. The molecule has 2 rings (SSSR count). The topological polar surface area (TPSA) is 56.8 Å². The monoisotopic (exact) mass is 411 g/mol. The molecule has 0 aliphatic heterocycles. The fraction of sp³-hybridized carbons (Fsp3) is 0.381. The second-order valence-electron chi connectivity index (χ2n) is 6.18. The summed E-state index contributed by atoms with van der Waals surface area (Å²) in [6.45, 7) is 6.08. The average Bonchev–Trinajstić information content (AvgIpc) is 2.67. The maximum absolute atomic E-state index is 12.7. The average molecular weight is 411 g/mol. The van der Waals surface area contributed by atoms with Crippen LogP contribution in [0.3, 0.4) is 0 Å². The zero-order valence-electron chi connectivity index (χ0n) is 16.5. The summed E-state index contributed by atoms with van der Waals surface area (Å²) < 4.78 is 54.5. The van der Waals surface area contributed by atoms with E-state index >= 15 is 0 Å². The van der Waals surface area contributed by atoms with Gasteiger partial charge in [0.1, 0.15) is 5.75 Å². The van der Waals surface area contributed by atoms with Crippen LogP contribution in [0.15, 0.2) is 42.5 Å². The highest BCUT2D eigenvalue weighted by Gasteiger charge is 2.30. The lowest BCUT2D eigenvalue weighted by Gasteiger charge is -2.18. The van der Waals surface area contributed by atoms with Gasteiger partial charge in [-0.1, -0.05) is 12.1 Å². The molecule has 0 unspecified atom stereocenters. The van der Waals surface area contributed by atoms with Crippen LogP contribution in [0.25, 0.3) is 0 Å². The standard InChI is InChI=1S/C21H24F3NO4/c1-4-27-18-10-9-15(11-19(18)28-5-2)14(3)25-20(26)13-29-17-8-6-7-16(12-17)21(22,23)24/h6-12,14H,4-5,13H2,1-3H3,(H,25,26)/t14-/m1/s1. The number of nitrogens with one attached hydrogen (secondary N) is 1. The Hall–Kier alpha value is -2.90. The minimum Gasteiger partial charge on any atom is -0.490 e. The van der Waals surface area contributed by atoms with Crippen LogP contribution in [0.2, 0.25) is 0 Å². The molecule has 0 spiro atoms. The number of carbonyl (C=O) groups excluding carboxylic acids is 1. The minimum absolute atomic E-state index is 0.0256. The third-order valence-electron chi connectivity index (χ3n) is 3.98. The SMILES string of the molecule is CCOc1ccc([C@@H](C)NC(=O)COc2cccc(C(F)(F)F)c2)cc1OCC. The van der Waals surface area contributed by atoms with E-state index in [9.17, 15) is 18.0 Å². The molecule has 1 N–H and O–H groups in total. The molecule has 0 aliphatic rings. The Morgan fingerprint density at radius 2 is 1.69 bits per heavy atom. The van der Waals surface area contributed by atoms with E-state index in [0.29, 0.717) is 24.7 Å². The highest BCUT2D eigenvalue weighted by molar-refractivity contribution is 5.78. The smallest absolute Gasteiger partial charge is 0.416 e. The summed E-state index contributed by atoms with van der Waals surface area (Å²) in [4.78, 5) is 12.1. The minimum atomic E-state index is -4.47. The molecule has 0 aromatic heterocycles. The normalized spacial score (nSPS) is 12.2. The number of rotatable bonds is 9. The highest BCUT2D eigenvalue weighted by Crippen LogP contribution is 2.32. The molecule has 29 heavy (non-hydrogen) atoms. The van der Waals surface area contributed by atoms with Gasteiger partial charge in [-0.15, -0.1) is 0 Å².